The lowest BCUT2D eigenvalue weighted by atomic mass is 10.2. The Morgan fingerprint density at radius 3 is 1.73 bits per heavy atom. The van der Waals surface area contributed by atoms with Crippen molar-refractivity contribution >= 4 is 27.3 Å². The van der Waals surface area contributed by atoms with E-state index in [2.05, 4.69) is 25.4 Å². The third-order valence-electron chi connectivity index (χ3n) is 2.96. The number of hydrogen-bond donors (Lipinski definition) is 0. The topological polar surface area (TPSA) is 105 Å². The summed E-state index contributed by atoms with van der Waals surface area (Å²) in [5.41, 5.74) is -0.251. The molecule has 0 N–H and O–H groups in total. The predicted molar refractivity (Wildman–Crippen MR) is 91.6 cm³/mol. The van der Waals surface area contributed by atoms with Crippen LogP contribution >= 0.6 is 15.9 Å². The monoisotopic (exact) mass is 434 g/mol. The van der Waals surface area contributed by atoms with Crippen LogP contribution in [-0.4, -0.2) is 24.1 Å². The first kappa shape index (κ1) is 21.2. The standard InChI is InChI=1S/C8H8FNO3.C7H5BrFNO3/c1-5-3-6(9)8(13-2)7(4-5)10(11)12;1-13-7-5(9)2-4(8)3-6(7)10(11)12/h3-4H,1-2H3;2-3H,1H3. The molecule has 0 radical (unpaired) electrons. The number of nitrogens with zero attached hydrogens (tertiary/aromatic N) is 2. The van der Waals surface area contributed by atoms with E-state index in [9.17, 15) is 29.0 Å². The van der Waals surface area contributed by atoms with Crippen molar-refractivity contribution in [3.8, 4) is 11.5 Å². The van der Waals surface area contributed by atoms with Gasteiger partial charge in [-0.15, -0.1) is 0 Å². The number of methoxy groups -OCH3 is 2. The number of halogens is 3. The summed E-state index contributed by atoms with van der Waals surface area (Å²) in [6.07, 6.45) is 0. The molecule has 0 spiro atoms. The van der Waals surface area contributed by atoms with Gasteiger partial charge in [-0.1, -0.05) is 15.9 Å². The zero-order chi connectivity index (χ0) is 20.0. The minimum Gasteiger partial charge on any atom is -0.488 e. The van der Waals surface area contributed by atoms with Gasteiger partial charge in [-0.3, -0.25) is 20.2 Å². The molecule has 2 aromatic rings. The average molecular weight is 435 g/mol. The second-order valence-electron chi connectivity index (χ2n) is 4.75. The van der Waals surface area contributed by atoms with Gasteiger partial charge in [0.15, 0.2) is 11.6 Å². The van der Waals surface area contributed by atoms with Crippen LogP contribution in [0, 0.1) is 38.8 Å². The summed E-state index contributed by atoms with van der Waals surface area (Å²) in [7, 11) is 2.38. The highest BCUT2D eigenvalue weighted by atomic mass is 79.9. The van der Waals surface area contributed by atoms with Crippen LogP contribution in [0.5, 0.6) is 11.5 Å². The minimum atomic E-state index is -0.761. The van der Waals surface area contributed by atoms with Crippen molar-refractivity contribution in [2.45, 2.75) is 6.92 Å². The van der Waals surface area contributed by atoms with Gasteiger partial charge in [-0.25, -0.2) is 8.78 Å². The largest absolute Gasteiger partial charge is 0.488 e. The molecule has 8 nitrogen and oxygen atoms in total. The lowest BCUT2D eigenvalue weighted by Crippen LogP contribution is -1.97. The first-order valence-corrected chi connectivity index (χ1v) is 7.57. The Labute approximate surface area is 154 Å². The molecule has 0 aliphatic heterocycles. The molecule has 0 aromatic heterocycles. The molecule has 0 bridgehead atoms. The van der Waals surface area contributed by atoms with E-state index in [0.717, 1.165) is 6.07 Å². The molecule has 0 heterocycles. The van der Waals surface area contributed by atoms with Crippen LogP contribution in [-0.2, 0) is 0 Å². The summed E-state index contributed by atoms with van der Waals surface area (Å²) in [6, 6.07) is 4.74. The number of ether oxygens (including phenoxy) is 2. The highest BCUT2D eigenvalue weighted by molar-refractivity contribution is 9.10. The summed E-state index contributed by atoms with van der Waals surface area (Å²) in [5.74, 6) is -2.15. The maximum absolute atomic E-state index is 13.0. The van der Waals surface area contributed by atoms with Crippen LogP contribution in [0.1, 0.15) is 5.56 Å². The summed E-state index contributed by atoms with van der Waals surface area (Å²) >= 11 is 2.94. The Kier molecular flexibility index (Phi) is 7.38. The quantitative estimate of drug-likeness (QED) is 0.515. The molecule has 0 unspecified atom stereocenters. The minimum absolute atomic E-state index is 0.303. The van der Waals surface area contributed by atoms with Crippen molar-refractivity contribution in [1.82, 2.24) is 0 Å². The third kappa shape index (κ3) is 5.09. The fraction of sp³-hybridized carbons (Fsp3) is 0.200. The van der Waals surface area contributed by atoms with E-state index in [0.29, 0.717) is 10.0 Å². The Morgan fingerprint density at radius 1 is 0.885 bits per heavy atom. The van der Waals surface area contributed by atoms with Crippen molar-refractivity contribution < 1.29 is 28.1 Å². The normalized spacial score (nSPS) is 9.77. The smallest absolute Gasteiger partial charge is 0.315 e. The molecule has 2 aromatic carbocycles. The Hall–Kier alpha value is -2.82. The molecule has 0 aliphatic rings. The maximum Gasteiger partial charge on any atom is 0.315 e. The molecular weight excluding hydrogens is 422 g/mol. The van der Waals surface area contributed by atoms with E-state index in [4.69, 9.17) is 0 Å². The lowest BCUT2D eigenvalue weighted by molar-refractivity contribution is -0.386. The van der Waals surface area contributed by atoms with E-state index in [1.165, 1.54) is 32.4 Å². The van der Waals surface area contributed by atoms with Gasteiger partial charge in [0.05, 0.1) is 24.1 Å². The summed E-state index contributed by atoms with van der Waals surface area (Å²) in [5, 5.41) is 20.9. The molecular formula is C15H13BrF2N2O6. The molecule has 0 atom stereocenters. The molecule has 2 rings (SSSR count). The Balaban J connectivity index is 0.000000260. The van der Waals surface area contributed by atoms with Crippen molar-refractivity contribution in [2.75, 3.05) is 14.2 Å². The van der Waals surface area contributed by atoms with Crippen molar-refractivity contribution in [1.29, 1.82) is 0 Å². The second-order valence-corrected chi connectivity index (χ2v) is 5.67. The van der Waals surface area contributed by atoms with Gasteiger partial charge in [0.1, 0.15) is 0 Å². The number of nitro benzene ring substituents is 2. The van der Waals surface area contributed by atoms with Crippen molar-refractivity contribution in [2.24, 2.45) is 0 Å². The van der Waals surface area contributed by atoms with E-state index in [1.54, 1.807) is 6.92 Å². The van der Waals surface area contributed by atoms with E-state index in [1.807, 2.05) is 0 Å². The van der Waals surface area contributed by atoms with Gasteiger partial charge in [0.25, 0.3) is 0 Å². The molecule has 0 saturated carbocycles. The SMILES string of the molecule is COc1c(F)cc(Br)cc1[N+](=O)[O-].COc1c(F)cc(C)cc1[N+](=O)[O-]. The second kappa shape index (κ2) is 9.04. The summed E-state index contributed by atoms with van der Waals surface area (Å²) in [4.78, 5) is 19.5. The zero-order valence-corrected chi connectivity index (χ0v) is 15.4. The van der Waals surface area contributed by atoms with Crippen LogP contribution < -0.4 is 9.47 Å². The van der Waals surface area contributed by atoms with Gasteiger partial charge in [-0.05, 0) is 24.6 Å². The highest BCUT2D eigenvalue weighted by Gasteiger charge is 2.20. The van der Waals surface area contributed by atoms with E-state index >= 15 is 0 Å². The molecule has 0 amide bonds. The van der Waals surface area contributed by atoms with Crippen molar-refractivity contribution in [3.05, 3.63) is 66.2 Å². The third-order valence-corrected chi connectivity index (χ3v) is 3.42. The molecule has 140 valence electrons. The number of hydrogen-bond acceptors (Lipinski definition) is 6. The van der Waals surface area contributed by atoms with Gasteiger partial charge < -0.3 is 9.47 Å². The highest BCUT2D eigenvalue weighted by Crippen LogP contribution is 2.33. The molecule has 26 heavy (non-hydrogen) atoms. The number of nitro groups is 2. The molecule has 0 fully saturated rings. The van der Waals surface area contributed by atoms with Crippen LogP contribution in [0.4, 0.5) is 20.2 Å². The molecule has 11 heteroatoms. The first-order chi connectivity index (χ1) is 12.1. The van der Waals surface area contributed by atoms with Crippen LogP contribution in [0.25, 0.3) is 0 Å². The predicted octanol–water partition coefficient (Wildman–Crippen LogP) is 4.56. The van der Waals surface area contributed by atoms with Crippen LogP contribution in [0.3, 0.4) is 0 Å². The maximum atomic E-state index is 13.0. The summed E-state index contributed by atoms with van der Waals surface area (Å²) in [6.45, 7) is 1.58. The van der Waals surface area contributed by atoms with Crippen molar-refractivity contribution in [3.63, 3.8) is 0 Å². The van der Waals surface area contributed by atoms with Gasteiger partial charge in [-0.2, -0.15) is 0 Å². The fourth-order valence-corrected chi connectivity index (χ4v) is 2.35. The fourth-order valence-electron chi connectivity index (χ4n) is 1.93. The van der Waals surface area contributed by atoms with Gasteiger partial charge >= 0.3 is 11.4 Å². The van der Waals surface area contributed by atoms with Crippen LogP contribution in [0.2, 0.25) is 0 Å². The summed E-state index contributed by atoms with van der Waals surface area (Å²) < 4.78 is 35.5. The Morgan fingerprint density at radius 2 is 1.31 bits per heavy atom. The molecule has 0 aliphatic carbocycles. The van der Waals surface area contributed by atoms with E-state index < -0.39 is 27.2 Å². The Bertz CT molecular complexity index is 778. The van der Waals surface area contributed by atoms with Gasteiger partial charge in [0, 0.05) is 16.6 Å². The molecule has 0 saturated heterocycles. The first-order valence-electron chi connectivity index (χ1n) is 6.78. The zero-order valence-electron chi connectivity index (χ0n) is 13.8. The number of rotatable bonds is 4. The lowest BCUT2D eigenvalue weighted by Gasteiger charge is -2.03. The van der Waals surface area contributed by atoms with Gasteiger partial charge in [0.2, 0.25) is 11.5 Å². The van der Waals surface area contributed by atoms with E-state index in [-0.39, 0.29) is 17.2 Å². The number of aryl methyl sites for hydroxylation is 1. The van der Waals surface area contributed by atoms with Crippen LogP contribution in [0.15, 0.2) is 28.7 Å². The number of benzene rings is 2. The average Bonchev–Trinajstić information content (AvgIpc) is 2.54.